The molecule has 1 aliphatic carbocycles. The van der Waals surface area contributed by atoms with Crippen LogP contribution in [0, 0.1) is 11.8 Å². The summed E-state index contributed by atoms with van der Waals surface area (Å²) in [6.45, 7) is 5.54. The van der Waals surface area contributed by atoms with Crippen LogP contribution in [0.1, 0.15) is 26.7 Å². The zero-order chi connectivity index (χ0) is 12.1. The molecule has 0 aromatic rings. The fourth-order valence-corrected chi connectivity index (χ4v) is 1.65. The van der Waals surface area contributed by atoms with Gasteiger partial charge >= 0.3 is 12.0 Å². The van der Waals surface area contributed by atoms with Gasteiger partial charge in [0.15, 0.2) is 0 Å². The second-order valence-electron chi connectivity index (χ2n) is 4.38. The van der Waals surface area contributed by atoms with Crippen molar-refractivity contribution < 1.29 is 14.7 Å². The lowest BCUT2D eigenvalue weighted by Gasteiger charge is -2.20. The Labute approximate surface area is 95.8 Å². The molecule has 92 valence electrons. The van der Waals surface area contributed by atoms with E-state index in [1.54, 1.807) is 0 Å². The highest BCUT2D eigenvalue weighted by molar-refractivity contribution is 5.75. The molecule has 0 heterocycles. The van der Waals surface area contributed by atoms with E-state index in [1.165, 1.54) is 11.3 Å². The monoisotopic (exact) mass is 228 g/mol. The van der Waals surface area contributed by atoms with E-state index >= 15 is 0 Å². The van der Waals surface area contributed by atoms with Crippen LogP contribution >= 0.6 is 0 Å². The van der Waals surface area contributed by atoms with Gasteiger partial charge in [0.05, 0.1) is 6.42 Å². The number of aliphatic carboxylic acids is 1. The summed E-state index contributed by atoms with van der Waals surface area (Å²) in [6.07, 6.45) is 1.18. The molecule has 2 N–H and O–H groups in total. The Balaban J connectivity index is 2.22. The van der Waals surface area contributed by atoms with Crippen molar-refractivity contribution in [3.8, 4) is 0 Å². The van der Waals surface area contributed by atoms with Crippen LogP contribution in [0.15, 0.2) is 0 Å². The molecule has 1 fully saturated rings. The lowest BCUT2D eigenvalue weighted by Crippen LogP contribution is -2.41. The SMILES string of the molecule is CCN(CCC(=O)O)C(=O)NCC1CC1C. The van der Waals surface area contributed by atoms with E-state index in [1.807, 2.05) is 6.92 Å². The maximum Gasteiger partial charge on any atom is 0.317 e. The second kappa shape index (κ2) is 5.72. The largest absolute Gasteiger partial charge is 0.481 e. The standard InChI is InChI=1S/C11H20N2O3/c1-3-13(5-4-10(14)15)11(16)12-7-9-6-8(9)2/h8-9H,3-7H2,1-2H3,(H,12,16)(H,14,15). The van der Waals surface area contributed by atoms with E-state index in [4.69, 9.17) is 5.11 Å². The van der Waals surface area contributed by atoms with Gasteiger partial charge in [-0.2, -0.15) is 0 Å². The summed E-state index contributed by atoms with van der Waals surface area (Å²) in [5.74, 6) is 0.457. The predicted molar refractivity (Wildman–Crippen MR) is 60.2 cm³/mol. The summed E-state index contributed by atoms with van der Waals surface area (Å²) < 4.78 is 0. The first-order valence-electron chi connectivity index (χ1n) is 5.79. The fourth-order valence-electron chi connectivity index (χ4n) is 1.65. The molecule has 1 saturated carbocycles. The summed E-state index contributed by atoms with van der Waals surface area (Å²) in [5, 5.41) is 11.4. The second-order valence-corrected chi connectivity index (χ2v) is 4.38. The fraction of sp³-hybridized carbons (Fsp3) is 0.818. The molecular weight excluding hydrogens is 208 g/mol. The van der Waals surface area contributed by atoms with Crippen molar-refractivity contribution in [3.63, 3.8) is 0 Å². The van der Waals surface area contributed by atoms with Crippen molar-refractivity contribution in [2.24, 2.45) is 11.8 Å². The molecular formula is C11H20N2O3. The summed E-state index contributed by atoms with van der Waals surface area (Å²) in [4.78, 5) is 23.6. The van der Waals surface area contributed by atoms with Gasteiger partial charge in [-0.25, -0.2) is 4.79 Å². The number of carboxylic acid groups (broad SMARTS) is 1. The third-order valence-electron chi connectivity index (χ3n) is 3.06. The highest BCUT2D eigenvalue weighted by Crippen LogP contribution is 2.36. The van der Waals surface area contributed by atoms with E-state index in [-0.39, 0.29) is 19.0 Å². The summed E-state index contributed by atoms with van der Waals surface area (Å²) in [5.41, 5.74) is 0. The smallest absolute Gasteiger partial charge is 0.317 e. The molecule has 0 bridgehead atoms. The molecule has 0 aromatic carbocycles. The minimum absolute atomic E-state index is 0.00108. The summed E-state index contributed by atoms with van der Waals surface area (Å²) in [6, 6.07) is -0.150. The average molecular weight is 228 g/mol. The zero-order valence-electron chi connectivity index (χ0n) is 9.90. The van der Waals surface area contributed by atoms with Crippen LogP contribution in [0.4, 0.5) is 4.79 Å². The molecule has 0 spiro atoms. The maximum atomic E-state index is 11.6. The lowest BCUT2D eigenvalue weighted by molar-refractivity contribution is -0.137. The average Bonchev–Trinajstić information content (AvgIpc) is 2.92. The van der Waals surface area contributed by atoms with Gasteiger partial charge in [-0.3, -0.25) is 4.79 Å². The molecule has 2 amide bonds. The van der Waals surface area contributed by atoms with Gasteiger partial charge in [0.25, 0.3) is 0 Å². The Bertz CT molecular complexity index is 268. The number of hydrogen-bond acceptors (Lipinski definition) is 2. The van der Waals surface area contributed by atoms with E-state index in [9.17, 15) is 9.59 Å². The van der Waals surface area contributed by atoms with E-state index in [0.29, 0.717) is 19.0 Å². The van der Waals surface area contributed by atoms with E-state index in [2.05, 4.69) is 12.2 Å². The van der Waals surface area contributed by atoms with Gasteiger partial charge in [0.2, 0.25) is 0 Å². The molecule has 5 heteroatoms. The van der Waals surface area contributed by atoms with Crippen LogP contribution < -0.4 is 5.32 Å². The van der Waals surface area contributed by atoms with Gasteiger partial charge in [-0.1, -0.05) is 6.92 Å². The van der Waals surface area contributed by atoms with E-state index < -0.39 is 5.97 Å². The van der Waals surface area contributed by atoms with Crippen LogP contribution in [0.2, 0.25) is 0 Å². The summed E-state index contributed by atoms with van der Waals surface area (Å²) in [7, 11) is 0. The van der Waals surface area contributed by atoms with Crippen LogP contribution in [0.3, 0.4) is 0 Å². The van der Waals surface area contributed by atoms with Crippen LogP contribution in [-0.2, 0) is 4.79 Å². The number of nitrogens with zero attached hydrogens (tertiary/aromatic N) is 1. The highest BCUT2D eigenvalue weighted by Gasteiger charge is 2.32. The Morgan fingerprint density at radius 2 is 2.12 bits per heavy atom. The van der Waals surface area contributed by atoms with Gasteiger partial charge in [-0.05, 0) is 25.2 Å². The van der Waals surface area contributed by atoms with Crippen molar-refractivity contribution in [1.29, 1.82) is 0 Å². The number of amides is 2. The lowest BCUT2D eigenvalue weighted by atomic mass is 10.3. The molecule has 16 heavy (non-hydrogen) atoms. The molecule has 2 atom stereocenters. The van der Waals surface area contributed by atoms with Crippen LogP contribution in [-0.4, -0.2) is 41.6 Å². The number of nitrogens with one attached hydrogen (secondary N) is 1. The number of hydrogen-bond donors (Lipinski definition) is 2. The molecule has 2 unspecified atom stereocenters. The number of carboxylic acids is 1. The van der Waals surface area contributed by atoms with Gasteiger partial charge in [0.1, 0.15) is 0 Å². The normalized spacial score (nSPS) is 22.6. The Kier molecular flexibility index (Phi) is 4.58. The Hall–Kier alpha value is -1.26. The van der Waals surface area contributed by atoms with Crippen molar-refractivity contribution in [2.75, 3.05) is 19.6 Å². The number of urea groups is 1. The molecule has 1 aliphatic rings. The first-order chi connectivity index (χ1) is 7.54. The molecule has 5 nitrogen and oxygen atoms in total. The number of carbonyl (C=O) groups excluding carboxylic acids is 1. The maximum absolute atomic E-state index is 11.6. The van der Waals surface area contributed by atoms with Gasteiger partial charge in [0, 0.05) is 19.6 Å². The molecule has 1 rings (SSSR count). The minimum Gasteiger partial charge on any atom is -0.481 e. The summed E-state index contributed by atoms with van der Waals surface area (Å²) >= 11 is 0. The molecule has 0 aromatic heterocycles. The van der Waals surface area contributed by atoms with E-state index in [0.717, 1.165) is 5.92 Å². The highest BCUT2D eigenvalue weighted by atomic mass is 16.4. The Morgan fingerprint density at radius 3 is 2.56 bits per heavy atom. The van der Waals surface area contributed by atoms with Crippen LogP contribution in [0.25, 0.3) is 0 Å². The van der Waals surface area contributed by atoms with Crippen molar-refractivity contribution >= 4 is 12.0 Å². The topological polar surface area (TPSA) is 69.6 Å². The Morgan fingerprint density at radius 1 is 1.50 bits per heavy atom. The third kappa shape index (κ3) is 4.08. The zero-order valence-corrected chi connectivity index (χ0v) is 9.90. The molecule has 0 aliphatic heterocycles. The predicted octanol–water partition coefficient (Wildman–Crippen LogP) is 1.15. The number of carbonyl (C=O) groups is 2. The quantitative estimate of drug-likeness (QED) is 0.716. The number of rotatable bonds is 6. The third-order valence-corrected chi connectivity index (χ3v) is 3.06. The van der Waals surface area contributed by atoms with Crippen molar-refractivity contribution in [3.05, 3.63) is 0 Å². The minimum atomic E-state index is -0.873. The van der Waals surface area contributed by atoms with Crippen molar-refractivity contribution in [2.45, 2.75) is 26.7 Å². The van der Waals surface area contributed by atoms with Gasteiger partial charge in [-0.15, -0.1) is 0 Å². The first-order valence-corrected chi connectivity index (χ1v) is 5.79. The molecule has 0 saturated heterocycles. The molecule has 0 radical (unpaired) electrons. The van der Waals surface area contributed by atoms with Gasteiger partial charge < -0.3 is 15.3 Å². The first kappa shape index (κ1) is 12.8. The van der Waals surface area contributed by atoms with Crippen LogP contribution in [0.5, 0.6) is 0 Å². The van der Waals surface area contributed by atoms with Crippen molar-refractivity contribution in [1.82, 2.24) is 10.2 Å².